The van der Waals surface area contributed by atoms with E-state index in [0.29, 0.717) is 11.4 Å². The van der Waals surface area contributed by atoms with Crippen LogP contribution in [0.5, 0.6) is 5.75 Å². The van der Waals surface area contributed by atoms with Gasteiger partial charge in [0.2, 0.25) is 0 Å². The van der Waals surface area contributed by atoms with Gasteiger partial charge in [0.05, 0.1) is 12.8 Å². The minimum atomic E-state index is -1.04. The van der Waals surface area contributed by atoms with E-state index < -0.39 is 30.6 Å². The number of alkyl carbamates (subject to hydrolysis) is 1. The van der Waals surface area contributed by atoms with Crippen LogP contribution in [-0.4, -0.2) is 37.7 Å². The molecule has 8 nitrogen and oxygen atoms in total. The first-order valence-corrected chi connectivity index (χ1v) is 11.1. The number of benzene rings is 3. The maximum atomic E-state index is 12.8. The van der Waals surface area contributed by atoms with Gasteiger partial charge in [-0.05, 0) is 35.7 Å². The van der Waals surface area contributed by atoms with Crippen molar-refractivity contribution in [2.24, 2.45) is 0 Å². The number of carbonyl (C=O) groups excluding carboxylic acids is 3. The second-order valence-electron chi connectivity index (χ2n) is 7.81. The fourth-order valence-electron chi connectivity index (χ4n) is 3.29. The zero-order valence-corrected chi connectivity index (χ0v) is 19.7. The number of esters is 1. The lowest BCUT2D eigenvalue weighted by Crippen LogP contribution is -2.44. The standard InChI is InChI=1S/C27H28N2O6/c1-19-13-14-24(33-2)22(15-19)28-25(30)18-34-26(31)23(16-20-9-5-3-6-10-20)29-27(32)35-17-21-11-7-4-8-12-21/h3-15,23H,16-18H2,1-2H3,(H,28,30)(H,29,32). The van der Waals surface area contributed by atoms with Crippen LogP contribution >= 0.6 is 0 Å². The number of amides is 2. The van der Waals surface area contributed by atoms with Crippen LogP contribution in [0.4, 0.5) is 10.5 Å². The number of aryl methyl sites for hydroxylation is 1. The summed E-state index contributed by atoms with van der Waals surface area (Å²) in [6.07, 6.45) is -0.589. The summed E-state index contributed by atoms with van der Waals surface area (Å²) in [6, 6.07) is 22.6. The van der Waals surface area contributed by atoms with Gasteiger partial charge in [-0.3, -0.25) is 4.79 Å². The number of carbonyl (C=O) groups is 3. The molecule has 8 heteroatoms. The molecule has 1 atom stereocenters. The number of hydrogen-bond donors (Lipinski definition) is 2. The van der Waals surface area contributed by atoms with Crippen molar-refractivity contribution < 1.29 is 28.6 Å². The van der Waals surface area contributed by atoms with Crippen molar-refractivity contribution in [2.75, 3.05) is 19.0 Å². The van der Waals surface area contributed by atoms with Gasteiger partial charge in [0.1, 0.15) is 18.4 Å². The Hall–Kier alpha value is -4.33. The van der Waals surface area contributed by atoms with Crippen molar-refractivity contribution in [3.05, 3.63) is 95.6 Å². The highest BCUT2D eigenvalue weighted by molar-refractivity contribution is 5.94. The van der Waals surface area contributed by atoms with Gasteiger partial charge in [0.15, 0.2) is 6.61 Å². The zero-order chi connectivity index (χ0) is 25.0. The monoisotopic (exact) mass is 476 g/mol. The molecule has 3 aromatic carbocycles. The highest BCUT2D eigenvalue weighted by atomic mass is 16.6. The fraction of sp³-hybridized carbons (Fsp3) is 0.222. The van der Waals surface area contributed by atoms with Crippen LogP contribution in [0, 0.1) is 6.92 Å². The number of anilines is 1. The van der Waals surface area contributed by atoms with E-state index in [1.807, 2.05) is 73.7 Å². The van der Waals surface area contributed by atoms with Crippen molar-refractivity contribution in [3.63, 3.8) is 0 Å². The summed E-state index contributed by atoms with van der Waals surface area (Å²) in [5.74, 6) is -0.802. The van der Waals surface area contributed by atoms with Crippen LogP contribution in [0.3, 0.4) is 0 Å². The van der Waals surface area contributed by atoms with Crippen LogP contribution in [0.15, 0.2) is 78.9 Å². The van der Waals surface area contributed by atoms with Crippen molar-refractivity contribution >= 4 is 23.7 Å². The summed E-state index contributed by atoms with van der Waals surface area (Å²) < 4.78 is 15.7. The lowest BCUT2D eigenvalue weighted by molar-refractivity contribution is -0.149. The molecule has 1 unspecified atom stereocenters. The minimum Gasteiger partial charge on any atom is -0.495 e. The topological polar surface area (TPSA) is 103 Å². The van der Waals surface area contributed by atoms with Crippen molar-refractivity contribution in [1.82, 2.24) is 5.32 Å². The summed E-state index contributed by atoms with van der Waals surface area (Å²) >= 11 is 0. The number of methoxy groups -OCH3 is 1. The smallest absolute Gasteiger partial charge is 0.408 e. The summed E-state index contributed by atoms with van der Waals surface area (Å²) in [5, 5.41) is 5.22. The fourth-order valence-corrected chi connectivity index (χ4v) is 3.29. The normalized spacial score (nSPS) is 11.1. The molecule has 0 aliphatic carbocycles. The molecule has 0 saturated carbocycles. The largest absolute Gasteiger partial charge is 0.495 e. The quantitative estimate of drug-likeness (QED) is 0.429. The van der Waals surface area contributed by atoms with Gasteiger partial charge in [0, 0.05) is 6.42 Å². The molecule has 0 aromatic heterocycles. The van der Waals surface area contributed by atoms with E-state index in [-0.39, 0.29) is 13.0 Å². The summed E-state index contributed by atoms with van der Waals surface area (Å²) in [5.41, 5.74) is 3.02. The molecular formula is C27H28N2O6. The average Bonchev–Trinajstić information content (AvgIpc) is 2.87. The Kier molecular flexibility index (Phi) is 9.24. The summed E-state index contributed by atoms with van der Waals surface area (Å²) in [7, 11) is 1.50. The first-order chi connectivity index (χ1) is 16.9. The van der Waals surface area contributed by atoms with Crippen LogP contribution < -0.4 is 15.4 Å². The zero-order valence-electron chi connectivity index (χ0n) is 19.7. The van der Waals surface area contributed by atoms with E-state index in [1.165, 1.54) is 7.11 Å². The Labute approximate surface area is 204 Å². The first kappa shape index (κ1) is 25.3. The Balaban J connectivity index is 1.59. The molecule has 0 bridgehead atoms. The summed E-state index contributed by atoms with van der Waals surface area (Å²) in [6.45, 7) is 1.41. The molecule has 0 aliphatic rings. The minimum absolute atomic E-state index is 0.0561. The van der Waals surface area contributed by atoms with Crippen LogP contribution in [0.2, 0.25) is 0 Å². The molecular weight excluding hydrogens is 448 g/mol. The molecule has 2 amide bonds. The second-order valence-corrected chi connectivity index (χ2v) is 7.81. The van der Waals surface area contributed by atoms with Gasteiger partial charge in [-0.1, -0.05) is 66.7 Å². The predicted molar refractivity (Wildman–Crippen MR) is 131 cm³/mol. The Bertz CT molecular complexity index is 1130. The van der Waals surface area contributed by atoms with E-state index in [1.54, 1.807) is 12.1 Å². The molecule has 2 N–H and O–H groups in total. The maximum absolute atomic E-state index is 12.8. The molecule has 0 aliphatic heterocycles. The van der Waals surface area contributed by atoms with E-state index in [4.69, 9.17) is 14.2 Å². The lowest BCUT2D eigenvalue weighted by Gasteiger charge is -2.18. The third kappa shape index (κ3) is 8.19. The third-order valence-electron chi connectivity index (χ3n) is 5.05. The highest BCUT2D eigenvalue weighted by Gasteiger charge is 2.24. The number of rotatable bonds is 10. The number of nitrogens with one attached hydrogen (secondary N) is 2. The maximum Gasteiger partial charge on any atom is 0.408 e. The van der Waals surface area contributed by atoms with Crippen molar-refractivity contribution in [3.8, 4) is 5.75 Å². The highest BCUT2D eigenvalue weighted by Crippen LogP contribution is 2.25. The molecule has 0 saturated heterocycles. The Morgan fingerprint density at radius 2 is 1.51 bits per heavy atom. The molecule has 0 radical (unpaired) electrons. The number of ether oxygens (including phenoxy) is 3. The van der Waals surface area contributed by atoms with E-state index >= 15 is 0 Å². The SMILES string of the molecule is COc1ccc(C)cc1NC(=O)COC(=O)C(Cc1ccccc1)NC(=O)OCc1ccccc1. The first-order valence-electron chi connectivity index (χ1n) is 11.1. The molecule has 0 fully saturated rings. The lowest BCUT2D eigenvalue weighted by atomic mass is 10.1. The molecule has 3 aromatic rings. The van der Waals surface area contributed by atoms with E-state index in [0.717, 1.165) is 16.7 Å². The molecule has 0 heterocycles. The van der Waals surface area contributed by atoms with Gasteiger partial charge in [-0.25, -0.2) is 9.59 Å². The third-order valence-corrected chi connectivity index (χ3v) is 5.05. The molecule has 0 spiro atoms. The van der Waals surface area contributed by atoms with Gasteiger partial charge in [-0.15, -0.1) is 0 Å². The predicted octanol–water partition coefficient (Wildman–Crippen LogP) is 4.02. The van der Waals surface area contributed by atoms with E-state index in [2.05, 4.69) is 10.6 Å². The summed E-state index contributed by atoms with van der Waals surface area (Å²) in [4.78, 5) is 37.6. The van der Waals surface area contributed by atoms with Gasteiger partial charge in [-0.2, -0.15) is 0 Å². The second kappa shape index (κ2) is 12.8. The Morgan fingerprint density at radius 3 is 2.17 bits per heavy atom. The van der Waals surface area contributed by atoms with Gasteiger partial charge in [0.25, 0.3) is 5.91 Å². The van der Waals surface area contributed by atoms with Crippen LogP contribution in [0.25, 0.3) is 0 Å². The van der Waals surface area contributed by atoms with Crippen LogP contribution in [-0.2, 0) is 32.1 Å². The average molecular weight is 477 g/mol. The molecule has 182 valence electrons. The van der Waals surface area contributed by atoms with Gasteiger partial charge >= 0.3 is 12.1 Å². The molecule has 35 heavy (non-hydrogen) atoms. The van der Waals surface area contributed by atoms with E-state index in [9.17, 15) is 14.4 Å². The van der Waals surface area contributed by atoms with Crippen LogP contribution in [0.1, 0.15) is 16.7 Å². The molecule has 3 rings (SSSR count). The van der Waals surface area contributed by atoms with Gasteiger partial charge < -0.3 is 24.8 Å². The number of hydrogen-bond acceptors (Lipinski definition) is 6. The van der Waals surface area contributed by atoms with Crippen molar-refractivity contribution in [1.29, 1.82) is 0 Å². The Morgan fingerprint density at radius 1 is 0.857 bits per heavy atom. The van der Waals surface area contributed by atoms with Crippen molar-refractivity contribution in [2.45, 2.75) is 26.0 Å².